The molecule has 0 radical (unpaired) electrons. The lowest BCUT2D eigenvalue weighted by Crippen LogP contribution is -2.55. The van der Waals surface area contributed by atoms with Gasteiger partial charge in [-0.05, 0) is 29.8 Å². The maximum absolute atomic E-state index is 14.3. The van der Waals surface area contributed by atoms with Crippen LogP contribution in [0.1, 0.15) is 5.56 Å². The van der Waals surface area contributed by atoms with Crippen molar-refractivity contribution in [3.63, 3.8) is 0 Å². The van der Waals surface area contributed by atoms with Crippen molar-refractivity contribution in [2.24, 2.45) is 0 Å². The number of para-hydroxylation sites is 2. The first-order valence-electron chi connectivity index (χ1n) is 12.6. The molecule has 1 fully saturated rings. The van der Waals surface area contributed by atoms with Crippen LogP contribution in [0.3, 0.4) is 0 Å². The number of benzene rings is 3. The molecule has 0 spiro atoms. The van der Waals surface area contributed by atoms with Crippen LogP contribution in [-0.2, 0) is 21.5 Å². The molecule has 0 aromatic heterocycles. The predicted molar refractivity (Wildman–Crippen MR) is 145 cm³/mol. The van der Waals surface area contributed by atoms with Crippen molar-refractivity contribution in [3.8, 4) is 11.5 Å². The molecule has 4 rings (SSSR count). The van der Waals surface area contributed by atoms with Crippen molar-refractivity contribution in [2.45, 2.75) is 30.8 Å². The van der Waals surface area contributed by atoms with Crippen LogP contribution in [0.25, 0.3) is 0 Å². The highest BCUT2D eigenvalue weighted by Gasteiger charge is 2.51. The molecular formula is C28H33N3O7S. The van der Waals surface area contributed by atoms with E-state index in [1.54, 1.807) is 78.9 Å². The van der Waals surface area contributed by atoms with Crippen molar-refractivity contribution in [1.82, 2.24) is 13.9 Å². The van der Waals surface area contributed by atoms with Gasteiger partial charge in [0.1, 0.15) is 36.9 Å². The lowest BCUT2D eigenvalue weighted by Gasteiger charge is -2.33. The van der Waals surface area contributed by atoms with Crippen molar-refractivity contribution >= 4 is 16.1 Å². The van der Waals surface area contributed by atoms with E-state index in [1.807, 2.05) is 12.1 Å². The van der Waals surface area contributed by atoms with Crippen LogP contribution in [0.5, 0.6) is 11.5 Å². The summed E-state index contributed by atoms with van der Waals surface area (Å²) in [6.45, 7) is -1.24. The van der Waals surface area contributed by atoms with Gasteiger partial charge in [0.25, 0.3) is 10.2 Å². The SMILES string of the molecule is CNC(=O)CN1[C@@H](COc2ccccc2)[C@@H](O)[C@H](O)[C@H](COc2ccccc2)N(Cc2ccccc2)S1(=O)=O. The molecule has 39 heavy (non-hydrogen) atoms. The Labute approximate surface area is 228 Å². The van der Waals surface area contributed by atoms with Gasteiger partial charge in [-0.15, -0.1) is 0 Å². The summed E-state index contributed by atoms with van der Waals surface area (Å²) < 4.78 is 42.2. The van der Waals surface area contributed by atoms with E-state index in [2.05, 4.69) is 5.32 Å². The van der Waals surface area contributed by atoms with Gasteiger partial charge in [-0.3, -0.25) is 4.79 Å². The smallest absolute Gasteiger partial charge is 0.283 e. The number of likely N-dealkylation sites (N-methyl/N-ethyl adjacent to an activating group) is 1. The van der Waals surface area contributed by atoms with Crippen LogP contribution in [0.15, 0.2) is 91.0 Å². The molecule has 0 aliphatic carbocycles. The minimum atomic E-state index is -4.45. The molecule has 1 heterocycles. The van der Waals surface area contributed by atoms with Gasteiger partial charge in [-0.1, -0.05) is 66.7 Å². The Morgan fingerprint density at radius 2 is 1.21 bits per heavy atom. The van der Waals surface area contributed by atoms with Gasteiger partial charge in [-0.25, -0.2) is 0 Å². The molecule has 208 valence electrons. The lowest BCUT2D eigenvalue weighted by molar-refractivity contribution is -0.122. The number of rotatable bonds is 10. The van der Waals surface area contributed by atoms with Crippen LogP contribution in [0, 0.1) is 0 Å². The van der Waals surface area contributed by atoms with Gasteiger partial charge in [0.2, 0.25) is 5.91 Å². The van der Waals surface area contributed by atoms with E-state index in [-0.39, 0.29) is 19.8 Å². The predicted octanol–water partition coefficient (Wildman–Crippen LogP) is 1.41. The van der Waals surface area contributed by atoms with E-state index >= 15 is 0 Å². The second kappa shape index (κ2) is 13.0. The van der Waals surface area contributed by atoms with E-state index in [1.165, 1.54) is 7.05 Å². The second-order valence-electron chi connectivity index (χ2n) is 9.12. The van der Waals surface area contributed by atoms with Crippen LogP contribution < -0.4 is 14.8 Å². The topological polar surface area (TPSA) is 129 Å². The first kappa shape index (κ1) is 28.5. The van der Waals surface area contributed by atoms with Crippen molar-refractivity contribution in [2.75, 3.05) is 26.8 Å². The van der Waals surface area contributed by atoms with Crippen LogP contribution in [0.4, 0.5) is 0 Å². The first-order chi connectivity index (χ1) is 18.8. The fourth-order valence-corrected chi connectivity index (χ4v) is 6.33. The molecular weight excluding hydrogens is 522 g/mol. The summed E-state index contributed by atoms with van der Waals surface area (Å²) in [5, 5.41) is 25.3. The molecule has 1 saturated heterocycles. The highest BCUT2D eigenvalue weighted by atomic mass is 32.2. The second-order valence-corrected chi connectivity index (χ2v) is 11.0. The third kappa shape index (κ3) is 6.94. The number of hydrogen-bond donors (Lipinski definition) is 3. The highest BCUT2D eigenvalue weighted by molar-refractivity contribution is 7.86. The minimum Gasteiger partial charge on any atom is -0.492 e. The number of nitrogens with zero attached hydrogens (tertiary/aromatic N) is 2. The number of carbonyl (C=O) groups excluding carboxylic acids is 1. The molecule has 10 nitrogen and oxygen atoms in total. The molecule has 1 amide bonds. The summed E-state index contributed by atoms with van der Waals surface area (Å²) in [5.41, 5.74) is 0.659. The summed E-state index contributed by atoms with van der Waals surface area (Å²) in [4.78, 5) is 12.5. The lowest BCUT2D eigenvalue weighted by atomic mass is 9.99. The highest BCUT2D eigenvalue weighted by Crippen LogP contribution is 2.30. The molecule has 3 aromatic rings. The Bertz CT molecular complexity index is 1300. The number of hydrogen-bond acceptors (Lipinski definition) is 7. The van der Waals surface area contributed by atoms with Gasteiger partial charge < -0.3 is 25.0 Å². The fourth-order valence-electron chi connectivity index (χ4n) is 4.41. The zero-order chi connectivity index (χ0) is 27.8. The Hall–Kier alpha value is -3.48. The third-order valence-electron chi connectivity index (χ3n) is 6.56. The van der Waals surface area contributed by atoms with Crippen LogP contribution >= 0.6 is 0 Å². The maximum atomic E-state index is 14.3. The van der Waals surface area contributed by atoms with Gasteiger partial charge in [-0.2, -0.15) is 17.0 Å². The molecule has 0 bridgehead atoms. The van der Waals surface area contributed by atoms with Crippen LogP contribution in [0.2, 0.25) is 0 Å². The number of nitrogens with one attached hydrogen (secondary N) is 1. The number of aliphatic hydroxyl groups excluding tert-OH is 2. The Balaban J connectivity index is 1.74. The van der Waals surface area contributed by atoms with Crippen molar-refractivity contribution in [1.29, 1.82) is 0 Å². The van der Waals surface area contributed by atoms with Gasteiger partial charge >= 0.3 is 0 Å². The quantitative estimate of drug-likeness (QED) is 0.345. The number of aliphatic hydroxyl groups is 2. The van der Waals surface area contributed by atoms with Crippen molar-refractivity contribution < 1.29 is 32.9 Å². The van der Waals surface area contributed by atoms with Gasteiger partial charge in [0.15, 0.2) is 0 Å². The number of ether oxygens (including phenoxy) is 2. The zero-order valence-corrected chi connectivity index (χ0v) is 22.4. The zero-order valence-electron chi connectivity index (χ0n) is 21.5. The molecule has 1 aliphatic rings. The van der Waals surface area contributed by atoms with Gasteiger partial charge in [0.05, 0.1) is 18.6 Å². The summed E-state index contributed by atoms with van der Waals surface area (Å²) in [5.74, 6) is 0.348. The summed E-state index contributed by atoms with van der Waals surface area (Å²) in [6, 6.07) is 23.9. The van der Waals surface area contributed by atoms with E-state index in [0.717, 1.165) is 8.61 Å². The average molecular weight is 556 g/mol. The monoisotopic (exact) mass is 555 g/mol. The Morgan fingerprint density at radius 1 is 0.769 bits per heavy atom. The van der Waals surface area contributed by atoms with E-state index in [4.69, 9.17) is 9.47 Å². The number of amides is 1. The van der Waals surface area contributed by atoms with Crippen molar-refractivity contribution in [3.05, 3.63) is 96.6 Å². The Morgan fingerprint density at radius 3 is 1.67 bits per heavy atom. The summed E-state index contributed by atoms with van der Waals surface area (Å²) >= 11 is 0. The molecule has 11 heteroatoms. The van der Waals surface area contributed by atoms with Gasteiger partial charge in [0, 0.05) is 13.6 Å². The van der Waals surface area contributed by atoms with E-state index < -0.39 is 47.0 Å². The maximum Gasteiger partial charge on any atom is 0.283 e. The largest absolute Gasteiger partial charge is 0.492 e. The molecule has 0 saturated carbocycles. The minimum absolute atomic E-state index is 0.119. The molecule has 3 aromatic carbocycles. The normalized spacial score (nSPS) is 23.5. The summed E-state index contributed by atoms with van der Waals surface area (Å²) in [6.07, 6.45) is -3.16. The first-order valence-corrected chi connectivity index (χ1v) is 14.0. The Kier molecular flexibility index (Phi) is 9.54. The average Bonchev–Trinajstić information content (AvgIpc) is 3.01. The molecule has 4 atom stereocenters. The fraction of sp³-hybridized carbons (Fsp3) is 0.321. The third-order valence-corrected chi connectivity index (χ3v) is 8.54. The number of carbonyl (C=O) groups is 1. The van der Waals surface area contributed by atoms with E-state index in [9.17, 15) is 23.4 Å². The van der Waals surface area contributed by atoms with Crippen LogP contribution in [-0.4, -0.2) is 84.2 Å². The standard InChI is InChI=1S/C28H33N3O7S/c1-29-26(32)18-31-25(20-38-23-15-9-4-10-16-23)28(34)27(33)24(19-37-22-13-7-3-8-14-22)30(39(31,35)36)17-21-11-5-2-6-12-21/h2-16,24-25,27-28,33-34H,17-20H2,1H3,(H,29,32)/t24-,25-,27+,28+/m0/s1. The summed E-state index contributed by atoms with van der Waals surface area (Å²) in [7, 11) is -3.06. The molecule has 0 unspecified atom stereocenters. The molecule has 1 aliphatic heterocycles. The van der Waals surface area contributed by atoms with E-state index in [0.29, 0.717) is 17.1 Å². The molecule has 3 N–H and O–H groups in total.